The Labute approximate surface area is 130 Å². The van der Waals surface area contributed by atoms with Crippen LogP contribution in [0.1, 0.15) is 35.8 Å². The molecule has 2 rings (SSSR count). The molecule has 4 nitrogen and oxygen atoms in total. The number of ether oxygens (including phenoxy) is 1. The van der Waals surface area contributed by atoms with Gasteiger partial charge < -0.3 is 15.2 Å². The molecule has 0 saturated carbocycles. The Hall–Kier alpha value is -2.33. The predicted molar refractivity (Wildman–Crippen MR) is 85.7 cm³/mol. The zero-order chi connectivity index (χ0) is 16.1. The van der Waals surface area contributed by atoms with Crippen molar-refractivity contribution in [1.82, 2.24) is 5.32 Å². The molecule has 2 aromatic carbocycles. The number of hydrogen-bond acceptors (Lipinski definition) is 3. The highest BCUT2D eigenvalue weighted by molar-refractivity contribution is 5.82. The molecule has 2 N–H and O–H groups in total. The Morgan fingerprint density at radius 2 is 1.86 bits per heavy atom. The van der Waals surface area contributed by atoms with E-state index in [9.17, 15) is 9.90 Å². The van der Waals surface area contributed by atoms with Gasteiger partial charge in [0.05, 0.1) is 13.2 Å². The van der Waals surface area contributed by atoms with Crippen LogP contribution in [0.3, 0.4) is 0 Å². The van der Waals surface area contributed by atoms with Gasteiger partial charge in [0.15, 0.2) is 6.10 Å². The minimum Gasteiger partial charge on any atom is -0.496 e. The summed E-state index contributed by atoms with van der Waals surface area (Å²) in [7, 11) is 1.60. The predicted octanol–water partition coefficient (Wildman–Crippen LogP) is 2.91. The van der Waals surface area contributed by atoms with Crippen LogP contribution in [0.25, 0.3) is 0 Å². The molecule has 0 saturated heterocycles. The molecule has 22 heavy (non-hydrogen) atoms. The monoisotopic (exact) mass is 299 g/mol. The molecule has 1 amide bonds. The molecular formula is C18H21NO3. The maximum absolute atomic E-state index is 12.2. The number of methoxy groups -OCH3 is 1. The van der Waals surface area contributed by atoms with Gasteiger partial charge in [-0.05, 0) is 25.5 Å². The second kappa shape index (κ2) is 7.09. The number of carbonyl (C=O) groups excluding carboxylic acids is 1. The van der Waals surface area contributed by atoms with Crippen molar-refractivity contribution in [2.24, 2.45) is 0 Å². The van der Waals surface area contributed by atoms with Gasteiger partial charge in [-0.25, -0.2) is 0 Å². The van der Waals surface area contributed by atoms with E-state index in [4.69, 9.17) is 4.74 Å². The summed E-state index contributed by atoms with van der Waals surface area (Å²) in [4.78, 5) is 12.2. The lowest BCUT2D eigenvalue weighted by atomic mass is 10.0. The smallest absolute Gasteiger partial charge is 0.253 e. The first kappa shape index (κ1) is 16.0. The fraction of sp³-hybridized carbons (Fsp3) is 0.278. The SMILES string of the molecule is COc1ccc(C)cc1C(C)NC(=O)C(O)c1ccccc1. The summed E-state index contributed by atoms with van der Waals surface area (Å²) in [6.45, 7) is 3.85. The number of carbonyl (C=O) groups is 1. The van der Waals surface area contributed by atoms with Crippen molar-refractivity contribution in [3.05, 3.63) is 65.2 Å². The number of aliphatic hydroxyl groups is 1. The van der Waals surface area contributed by atoms with Gasteiger partial charge in [0, 0.05) is 5.56 Å². The van der Waals surface area contributed by atoms with E-state index in [-0.39, 0.29) is 6.04 Å². The summed E-state index contributed by atoms with van der Waals surface area (Å²) in [5.41, 5.74) is 2.54. The van der Waals surface area contributed by atoms with Crippen molar-refractivity contribution >= 4 is 5.91 Å². The number of nitrogens with one attached hydrogen (secondary N) is 1. The highest BCUT2D eigenvalue weighted by Crippen LogP contribution is 2.26. The number of amides is 1. The Kier molecular flexibility index (Phi) is 5.17. The van der Waals surface area contributed by atoms with Gasteiger partial charge >= 0.3 is 0 Å². The minimum atomic E-state index is -1.18. The molecule has 0 aromatic heterocycles. The average molecular weight is 299 g/mol. The van der Waals surface area contributed by atoms with E-state index in [0.717, 1.165) is 11.1 Å². The largest absolute Gasteiger partial charge is 0.496 e. The Morgan fingerprint density at radius 1 is 1.18 bits per heavy atom. The lowest BCUT2D eigenvalue weighted by molar-refractivity contribution is -0.130. The molecule has 0 bridgehead atoms. The van der Waals surface area contributed by atoms with Crippen LogP contribution in [-0.2, 0) is 4.79 Å². The first-order valence-electron chi connectivity index (χ1n) is 7.21. The molecule has 0 aliphatic rings. The van der Waals surface area contributed by atoms with Crippen molar-refractivity contribution in [2.45, 2.75) is 26.0 Å². The summed E-state index contributed by atoms with van der Waals surface area (Å²) in [5.74, 6) is 0.287. The zero-order valence-corrected chi connectivity index (χ0v) is 13.0. The normalized spacial score (nSPS) is 13.3. The summed E-state index contributed by atoms with van der Waals surface area (Å²) in [5, 5.41) is 13.0. The lowest BCUT2D eigenvalue weighted by Crippen LogP contribution is -2.31. The number of rotatable bonds is 5. The maximum Gasteiger partial charge on any atom is 0.253 e. The molecule has 0 fully saturated rings. The molecule has 4 heteroatoms. The first-order chi connectivity index (χ1) is 10.5. The quantitative estimate of drug-likeness (QED) is 0.892. The Bertz CT molecular complexity index is 640. The van der Waals surface area contributed by atoms with Crippen LogP contribution in [0.2, 0.25) is 0 Å². The van der Waals surface area contributed by atoms with E-state index >= 15 is 0 Å². The zero-order valence-electron chi connectivity index (χ0n) is 13.0. The summed E-state index contributed by atoms with van der Waals surface area (Å²) in [6.07, 6.45) is -1.18. The third-order valence-electron chi connectivity index (χ3n) is 3.57. The van der Waals surface area contributed by atoms with Gasteiger partial charge in [-0.3, -0.25) is 4.79 Å². The molecule has 116 valence electrons. The van der Waals surface area contributed by atoms with E-state index in [0.29, 0.717) is 11.3 Å². The van der Waals surface area contributed by atoms with Crippen molar-refractivity contribution in [3.8, 4) is 5.75 Å². The van der Waals surface area contributed by atoms with Crippen LogP contribution in [0.5, 0.6) is 5.75 Å². The van der Waals surface area contributed by atoms with Crippen LogP contribution in [-0.4, -0.2) is 18.1 Å². The molecule has 0 aliphatic heterocycles. The van der Waals surface area contributed by atoms with Crippen LogP contribution >= 0.6 is 0 Å². The number of aryl methyl sites for hydroxylation is 1. The number of aliphatic hydroxyl groups excluding tert-OH is 1. The second-order valence-electron chi connectivity index (χ2n) is 5.29. The average Bonchev–Trinajstić information content (AvgIpc) is 2.54. The molecule has 0 heterocycles. The van der Waals surface area contributed by atoms with Gasteiger partial charge in [-0.15, -0.1) is 0 Å². The van der Waals surface area contributed by atoms with Crippen LogP contribution in [0.15, 0.2) is 48.5 Å². The molecule has 0 spiro atoms. The molecule has 2 unspecified atom stereocenters. The van der Waals surface area contributed by atoms with Gasteiger partial charge in [0.25, 0.3) is 5.91 Å². The fourth-order valence-electron chi connectivity index (χ4n) is 2.35. The minimum absolute atomic E-state index is 0.263. The van der Waals surface area contributed by atoms with Crippen molar-refractivity contribution in [1.29, 1.82) is 0 Å². The van der Waals surface area contributed by atoms with Crippen LogP contribution < -0.4 is 10.1 Å². The van der Waals surface area contributed by atoms with Crippen molar-refractivity contribution in [2.75, 3.05) is 7.11 Å². The molecule has 0 radical (unpaired) electrons. The van der Waals surface area contributed by atoms with E-state index in [1.54, 1.807) is 31.4 Å². The molecule has 2 atom stereocenters. The van der Waals surface area contributed by atoms with E-state index in [1.165, 1.54) is 0 Å². The van der Waals surface area contributed by atoms with Crippen molar-refractivity contribution in [3.63, 3.8) is 0 Å². The topological polar surface area (TPSA) is 58.6 Å². The number of hydrogen-bond donors (Lipinski definition) is 2. The van der Waals surface area contributed by atoms with E-state index in [2.05, 4.69) is 5.32 Å². The third kappa shape index (κ3) is 3.65. The first-order valence-corrected chi connectivity index (χ1v) is 7.21. The van der Waals surface area contributed by atoms with Gasteiger partial charge in [0.2, 0.25) is 0 Å². The molecule has 2 aromatic rings. The van der Waals surface area contributed by atoms with Gasteiger partial charge in [0.1, 0.15) is 5.75 Å². The van der Waals surface area contributed by atoms with Crippen LogP contribution in [0.4, 0.5) is 0 Å². The third-order valence-corrected chi connectivity index (χ3v) is 3.57. The summed E-state index contributed by atoms with van der Waals surface area (Å²) < 4.78 is 5.33. The highest BCUT2D eigenvalue weighted by Gasteiger charge is 2.21. The standard InChI is InChI=1S/C18H21NO3/c1-12-9-10-16(22-3)15(11-12)13(2)19-18(21)17(20)14-7-5-4-6-8-14/h4-11,13,17,20H,1-3H3,(H,19,21). The molecular weight excluding hydrogens is 278 g/mol. The molecule has 0 aliphatic carbocycles. The second-order valence-corrected chi connectivity index (χ2v) is 5.29. The van der Waals surface area contributed by atoms with Crippen LogP contribution in [0, 0.1) is 6.92 Å². The highest BCUT2D eigenvalue weighted by atomic mass is 16.5. The maximum atomic E-state index is 12.2. The van der Waals surface area contributed by atoms with Gasteiger partial charge in [-0.2, -0.15) is 0 Å². The van der Waals surface area contributed by atoms with E-state index in [1.807, 2.05) is 38.1 Å². The lowest BCUT2D eigenvalue weighted by Gasteiger charge is -2.20. The Morgan fingerprint density at radius 3 is 2.50 bits per heavy atom. The van der Waals surface area contributed by atoms with E-state index < -0.39 is 12.0 Å². The van der Waals surface area contributed by atoms with Gasteiger partial charge in [-0.1, -0.05) is 48.0 Å². The number of benzene rings is 2. The van der Waals surface area contributed by atoms with Crippen molar-refractivity contribution < 1.29 is 14.6 Å². The fourth-order valence-corrected chi connectivity index (χ4v) is 2.35. The summed E-state index contributed by atoms with van der Waals surface area (Å²) >= 11 is 0. The summed E-state index contributed by atoms with van der Waals surface area (Å²) in [6, 6.07) is 14.4. The Balaban J connectivity index is 2.13.